The molecule has 0 atom stereocenters. The molecule has 0 saturated carbocycles. The molecule has 0 radical (unpaired) electrons. The van der Waals surface area contributed by atoms with Gasteiger partial charge >= 0.3 is 0 Å². The number of anilines is 2. The van der Waals surface area contributed by atoms with Gasteiger partial charge in [0.05, 0.1) is 11.3 Å². The molecule has 3 aromatic carbocycles. The van der Waals surface area contributed by atoms with Crippen LogP contribution in [0.25, 0.3) is 17.3 Å². The van der Waals surface area contributed by atoms with Crippen molar-refractivity contribution in [2.45, 2.75) is 20.5 Å². The van der Waals surface area contributed by atoms with Crippen LogP contribution in [0, 0.1) is 22.7 Å². The highest BCUT2D eigenvalue weighted by Crippen LogP contribution is 2.32. The fourth-order valence-electron chi connectivity index (χ4n) is 4.10. The van der Waals surface area contributed by atoms with Crippen molar-refractivity contribution >= 4 is 34.8 Å². The molecule has 0 aliphatic heterocycles. The number of aromatic nitrogens is 2. The Morgan fingerprint density at radius 1 is 1.05 bits per heavy atom. The van der Waals surface area contributed by atoms with Crippen LogP contribution in [0.1, 0.15) is 36.2 Å². The third kappa shape index (κ3) is 5.64. The Hall–Kier alpha value is -4.72. The first-order chi connectivity index (χ1) is 18.5. The zero-order chi connectivity index (χ0) is 27.1. The van der Waals surface area contributed by atoms with E-state index in [9.17, 15) is 10.5 Å². The predicted molar refractivity (Wildman–Crippen MR) is 152 cm³/mol. The summed E-state index contributed by atoms with van der Waals surface area (Å²) >= 11 is 6.03. The van der Waals surface area contributed by atoms with Gasteiger partial charge in [-0.2, -0.15) is 15.6 Å². The Morgan fingerprint density at radius 2 is 1.76 bits per heavy atom. The molecule has 190 valence electrons. The number of allylic oxidation sites excluding steroid dienone is 1. The van der Waals surface area contributed by atoms with Crippen molar-refractivity contribution in [1.29, 1.82) is 10.5 Å². The summed E-state index contributed by atoms with van der Waals surface area (Å²) in [5.74, 6) is 0.775. The van der Waals surface area contributed by atoms with E-state index >= 15 is 0 Å². The van der Waals surface area contributed by atoms with Crippen LogP contribution in [0.4, 0.5) is 11.5 Å². The fraction of sp³-hybridized carbons (Fsp3) is 0.167. The minimum atomic E-state index is 0.144. The van der Waals surface area contributed by atoms with E-state index in [1.54, 1.807) is 6.08 Å². The van der Waals surface area contributed by atoms with Gasteiger partial charge in [0.1, 0.15) is 41.6 Å². The summed E-state index contributed by atoms with van der Waals surface area (Å²) in [6.07, 6.45) is 1.68. The number of nitrogen functional groups attached to an aromatic ring is 1. The first-order valence-electron chi connectivity index (χ1n) is 12.2. The number of ether oxygens (including phenoxy) is 1. The second-order valence-electron chi connectivity index (χ2n) is 8.45. The average molecular weight is 523 g/mol. The highest BCUT2D eigenvalue weighted by atomic mass is 35.5. The van der Waals surface area contributed by atoms with Crippen LogP contribution < -0.4 is 15.4 Å². The number of nitrogens with two attached hydrogens (primary N) is 1. The fourth-order valence-corrected chi connectivity index (χ4v) is 4.23. The summed E-state index contributed by atoms with van der Waals surface area (Å²) < 4.78 is 7.71. The lowest BCUT2D eigenvalue weighted by atomic mass is 10.0. The van der Waals surface area contributed by atoms with Gasteiger partial charge in [-0.25, -0.2) is 4.68 Å². The Labute approximate surface area is 227 Å². The summed E-state index contributed by atoms with van der Waals surface area (Å²) in [5, 5.41) is 25.1. The monoisotopic (exact) mass is 522 g/mol. The standard InChI is InChI=1S/C30H27ClN6O/c1-3-36(4-2)26-15-12-22(28(17-26)38-20-21-10-13-24(31)14-11-21)16-23(18-32)29-27(19-33)30(34)37(35-29)25-8-6-5-7-9-25/h5-17H,3-4,20,34H2,1-2H3/b23-16+. The van der Waals surface area contributed by atoms with Crippen LogP contribution in [-0.2, 0) is 6.61 Å². The Kier molecular flexibility index (Phi) is 8.33. The molecule has 8 heteroatoms. The van der Waals surface area contributed by atoms with Gasteiger partial charge in [-0.05, 0) is 61.9 Å². The number of benzene rings is 3. The number of halogens is 1. The molecule has 0 saturated heterocycles. The van der Waals surface area contributed by atoms with Gasteiger partial charge in [0.25, 0.3) is 0 Å². The molecule has 1 heterocycles. The molecule has 0 spiro atoms. The van der Waals surface area contributed by atoms with Crippen molar-refractivity contribution in [3.63, 3.8) is 0 Å². The molecule has 1 aromatic heterocycles. The van der Waals surface area contributed by atoms with Gasteiger partial charge in [0, 0.05) is 35.4 Å². The highest BCUT2D eigenvalue weighted by Gasteiger charge is 2.20. The van der Waals surface area contributed by atoms with Crippen molar-refractivity contribution in [3.8, 4) is 23.6 Å². The summed E-state index contributed by atoms with van der Waals surface area (Å²) in [6, 6.07) is 26.9. The van der Waals surface area contributed by atoms with E-state index in [4.69, 9.17) is 22.1 Å². The predicted octanol–water partition coefficient (Wildman–Crippen LogP) is 6.47. The van der Waals surface area contributed by atoms with Gasteiger partial charge in [-0.1, -0.05) is 41.9 Å². The van der Waals surface area contributed by atoms with Gasteiger partial charge in [-0.15, -0.1) is 0 Å². The molecule has 38 heavy (non-hydrogen) atoms. The number of rotatable bonds is 9. The summed E-state index contributed by atoms with van der Waals surface area (Å²) in [5.41, 5.74) is 10.2. The van der Waals surface area contributed by atoms with E-state index in [1.807, 2.05) is 72.8 Å². The number of hydrogen-bond donors (Lipinski definition) is 1. The maximum absolute atomic E-state index is 10.1. The lowest BCUT2D eigenvalue weighted by molar-refractivity contribution is 0.305. The third-order valence-corrected chi connectivity index (χ3v) is 6.39. The van der Waals surface area contributed by atoms with E-state index in [-0.39, 0.29) is 22.6 Å². The number of hydrogen-bond acceptors (Lipinski definition) is 6. The van der Waals surface area contributed by atoms with Crippen LogP contribution in [0.15, 0.2) is 72.8 Å². The second kappa shape index (κ2) is 12.0. The van der Waals surface area contributed by atoms with Crippen LogP contribution in [0.5, 0.6) is 5.75 Å². The molecule has 0 amide bonds. The zero-order valence-electron chi connectivity index (χ0n) is 21.2. The molecule has 0 bridgehead atoms. The molecule has 7 nitrogen and oxygen atoms in total. The summed E-state index contributed by atoms with van der Waals surface area (Å²) in [4.78, 5) is 2.21. The molecular weight excluding hydrogens is 496 g/mol. The van der Waals surface area contributed by atoms with Crippen molar-refractivity contribution in [3.05, 3.63) is 100 Å². The Bertz CT molecular complexity index is 1520. The van der Waals surface area contributed by atoms with Gasteiger partial charge < -0.3 is 15.4 Å². The Balaban J connectivity index is 1.78. The Morgan fingerprint density at radius 3 is 2.39 bits per heavy atom. The van der Waals surface area contributed by atoms with E-state index in [2.05, 4.69) is 36.0 Å². The topological polar surface area (TPSA) is 104 Å². The first-order valence-corrected chi connectivity index (χ1v) is 12.6. The molecular formula is C30H27ClN6O. The normalized spacial score (nSPS) is 11.0. The van der Waals surface area contributed by atoms with Gasteiger partial charge in [-0.3, -0.25) is 0 Å². The lowest BCUT2D eigenvalue weighted by Crippen LogP contribution is -2.21. The van der Waals surface area contributed by atoms with Gasteiger partial charge in [0.2, 0.25) is 0 Å². The SMILES string of the molecule is CCN(CC)c1ccc(/C=C(\C#N)c2nn(-c3ccccc3)c(N)c2C#N)c(OCc2ccc(Cl)cc2)c1. The summed E-state index contributed by atoms with van der Waals surface area (Å²) in [6.45, 7) is 6.19. The maximum atomic E-state index is 10.1. The molecule has 0 aliphatic carbocycles. The van der Waals surface area contributed by atoms with Gasteiger partial charge in [0.15, 0.2) is 0 Å². The van der Waals surface area contributed by atoms with E-state index < -0.39 is 0 Å². The van der Waals surface area contributed by atoms with E-state index in [0.717, 1.165) is 24.3 Å². The molecule has 0 aliphatic rings. The van der Waals surface area contributed by atoms with Crippen molar-refractivity contribution in [1.82, 2.24) is 9.78 Å². The van der Waals surface area contributed by atoms with E-state index in [1.165, 1.54) is 4.68 Å². The minimum absolute atomic E-state index is 0.144. The minimum Gasteiger partial charge on any atom is -0.488 e. The summed E-state index contributed by atoms with van der Waals surface area (Å²) in [7, 11) is 0. The second-order valence-corrected chi connectivity index (χ2v) is 8.88. The van der Waals surface area contributed by atoms with Crippen LogP contribution >= 0.6 is 11.6 Å². The average Bonchev–Trinajstić information content (AvgIpc) is 3.29. The molecule has 0 fully saturated rings. The smallest absolute Gasteiger partial charge is 0.145 e. The quantitative estimate of drug-likeness (QED) is 0.253. The van der Waals surface area contributed by atoms with E-state index in [0.29, 0.717) is 28.6 Å². The largest absolute Gasteiger partial charge is 0.488 e. The third-order valence-electron chi connectivity index (χ3n) is 6.14. The number of nitriles is 2. The molecule has 0 unspecified atom stereocenters. The molecule has 4 aromatic rings. The number of nitrogens with zero attached hydrogens (tertiary/aromatic N) is 5. The first kappa shape index (κ1) is 26.3. The lowest BCUT2D eigenvalue weighted by Gasteiger charge is -2.22. The van der Waals surface area contributed by atoms with Crippen molar-refractivity contribution in [2.24, 2.45) is 0 Å². The highest BCUT2D eigenvalue weighted by molar-refractivity contribution is 6.30. The zero-order valence-corrected chi connectivity index (χ0v) is 22.0. The number of para-hydroxylation sites is 1. The van der Waals surface area contributed by atoms with Crippen LogP contribution in [-0.4, -0.2) is 22.9 Å². The van der Waals surface area contributed by atoms with Crippen LogP contribution in [0.2, 0.25) is 5.02 Å². The molecule has 2 N–H and O–H groups in total. The van der Waals surface area contributed by atoms with Crippen molar-refractivity contribution < 1.29 is 4.74 Å². The van der Waals surface area contributed by atoms with Crippen molar-refractivity contribution in [2.75, 3.05) is 23.7 Å². The molecule has 4 rings (SSSR count). The van der Waals surface area contributed by atoms with Crippen LogP contribution in [0.3, 0.4) is 0 Å². The maximum Gasteiger partial charge on any atom is 0.145 e.